The first-order chi connectivity index (χ1) is 14.6. The van der Waals surface area contributed by atoms with E-state index < -0.39 is 5.60 Å². The number of hydrogen-bond acceptors (Lipinski definition) is 4. The molecule has 31 heavy (non-hydrogen) atoms. The lowest BCUT2D eigenvalue weighted by atomic mass is 10.0. The standard InChI is InChI=1S/C23H26Cl2N2O4/c1-23(2,3)31-22(29)27-12-10-16(11-13-27)26-21(28)17-6-4-5-7-19(17)30-20-9-8-15(24)14-18(20)25/h4-9,14,16H,10-13H2,1-3H3,(H,26,28). The van der Waals surface area contributed by atoms with Crippen molar-refractivity contribution >= 4 is 35.2 Å². The van der Waals surface area contributed by atoms with Crippen LogP contribution in [0.5, 0.6) is 11.5 Å². The quantitative estimate of drug-likeness (QED) is 0.609. The summed E-state index contributed by atoms with van der Waals surface area (Å²) in [5.74, 6) is 0.573. The van der Waals surface area contributed by atoms with Crippen LogP contribution in [0.2, 0.25) is 10.0 Å². The second kappa shape index (κ2) is 9.79. The second-order valence-electron chi connectivity index (χ2n) is 8.39. The summed E-state index contributed by atoms with van der Waals surface area (Å²) in [5.41, 5.74) is -0.123. The molecule has 1 aliphatic heterocycles. The van der Waals surface area contributed by atoms with Gasteiger partial charge in [-0.05, 0) is 63.9 Å². The third kappa shape index (κ3) is 6.52. The molecule has 1 fully saturated rings. The number of nitrogens with zero attached hydrogens (tertiary/aromatic N) is 1. The maximum Gasteiger partial charge on any atom is 0.410 e. The molecule has 166 valence electrons. The Balaban J connectivity index is 1.61. The first-order valence-electron chi connectivity index (χ1n) is 10.1. The summed E-state index contributed by atoms with van der Waals surface area (Å²) in [6, 6.07) is 11.8. The zero-order chi connectivity index (χ0) is 22.6. The minimum absolute atomic E-state index is 0.0432. The summed E-state index contributed by atoms with van der Waals surface area (Å²) >= 11 is 12.1. The van der Waals surface area contributed by atoms with Gasteiger partial charge in [-0.2, -0.15) is 0 Å². The molecule has 1 N–H and O–H groups in total. The zero-order valence-electron chi connectivity index (χ0n) is 17.8. The van der Waals surface area contributed by atoms with Crippen LogP contribution in [0.25, 0.3) is 0 Å². The van der Waals surface area contributed by atoms with Crippen LogP contribution in [-0.4, -0.2) is 41.6 Å². The highest BCUT2D eigenvalue weighted by Crippen LogP contribution is 2.33. The molecule has 1 saturated heterocycles. The SMILES string of the molecule is CC(C)(C)OC(=O)N1CCC(NC(=O)c2ccccc2Oc2ccc(Cl)cc2Cl)CC1. The van der Waals surface area contributed by atoms with Crippen molar-refractivity contribution < 1.29 is 19.1 Å². The molecule has 3 rings (SSSR count). The second-order valence-corrected chi connectivity index (χ2v) is 9.23. The van der Waals surface area contributed by atoms with E-state index in [1.54, 1.807) is 47.4 Å². The fourth-order valence-corrected chi connectivity index (χ4v) is 3.66. The Kier molecular flexibility index (Phi) is 7.34. The monoisotopic (exact) mass is 464 g/mol. The Bertz CT molecular complexity index is 951. The van der Waals surface area contributed by atoms with Crippen molar-refractivity contribution in [2.75, 3.05) is 13.1 Å². The number of ether oxygens (including phenoxy) is 2. The first-order valence-corrected chi connectivity index (χ1v) is 10.9. The van der Waals surface area contributed by atoms with E-state index in [-0.39, 0.29) is 18.0 Å². The molecular weight excluding hydrogens is 439 g/mol. The summed E-state index contributed by atoms with van der Waals surface area (Å²) in [5, 5.41) is 3.90. The number of carbonyl (C=O) groups excluding carboxylic acids is 2. The lowest BCUT2D eigenvalue weighted by Crippen LogP contribution is -2.47. The van der Waals surface area contributed by atoms with Crippen LogP contribution in [0.15, 0.2) is 42.5 Å². The molecule has 0 spiro atoms. The average Bonchev–Trinajstić information content (AvgIpc) is 2.69. The van der Waals surface area contributed by atoms with Gasteiger partial charge in [-0.1, -0.05) is 35.3 Å². The molecule has 0 aromatic heterocycles. The summed E-state index contributed by atoms with van der Waals surface area (Å²) in [6.07, 6.45) is 0.976. The molecule has 1 heterocycles. The van der Waals surface area contributed by atoms with E-state index in [9.17, 15) is 9.59 Å². The van der Waals surface area contributed by atoms with Gasteiger partial charge in [0.25, 0.3) is 5.91 Å². The Hall–Kier alpha value is -2.44. The Morgan fingerprint density at radius 3 is 2.35 bits per heavy atom. The van der Waals surface area contributed by atoms with Crippen LogP contribution in [0.3, 0.4) is 0 Å². The summed E-state index contributed by atoms with van der Waals surface area (Å²) in [6.45, 7) is 6.58. The van der Waals surface area contributed by atoms with Crippen LogP contribution >= 0.6 is 23.2 Å². The highest BCUT2D eigenvalue weighted by Gasteiger charge is 2.28. The number of para-hydroxylation sites is 1. The van der Waals surface area contributed by atoms with Crippen molar-refractivity contribution in [2.45, 2.75) is 45.3 Å². The molecule has 2 aromatic rings. The minimum atomic E-state index is -0.529. The largest absolute Gasteiger partial charge is 0.455 e. The van der Waals surface area contributed by atoms with Crippen LogP contribution in [0.1, 0.15) is 44.0 Å². The maximum atomic E-state index is 12.9. The number of benzene rings is 2. The number of carbonyl (C=O) groups is 2. The van der Waals surface area contributed by atoms with Crippen LogP contribution in [-0.2, 0) is 4.74 Å². The minimum Gasteiger partial charge on any atom is -0.455 e. The van der Waals surface area contributed by atoms with E-state index in [0.29, 0.717) is 53.0 Å². The van der Waals surface area contributed by atoms with Crippen LogP contribution in [0, 0.1) is 0 Å². The van der Waals surface area contributed by atoms with E-state index >= 15 is 0 Å². The lowest BCUT2D eigenvalue weighted by molar-refractivity contribution is 0.0199. The third-order valence-electron chi connectivity index (χ3n) is 4.73. The van der Waals surface area contributed by atoms with Gasteiger partial charge < -0.3 is 19.7 Å². The van der Waals surface area contributed by atoms with Crippen molar-refractivity contribution in [1.82, 2.24) is 10.2 Å². The fraction of sp³-hybridized carbons (Fsp3) is 0.391. The van der Waals surface area contributed by atoms with Gasteiger partial charge in [-0.25, -0.2) is 4.79 Å². The average molecular weight is 465 g/mol. The van der Waals surface area contributed by atoms with E-state index in [0.717, 1.165) is 0 Å². The summed E-state index contributed by atoms with van der Waals surface area (Å²) < 4.78 is 11.3. The van der Waals surface area contributed by atoms with Crippen molar-refractivity contribution in [2.24, 2.45) is 0 Å². The smallest absolute Gasteiger partial charge is 0.410 e. The topological polar surface area (TPSA) is 67.9 Å². The summed E-state index contributed by atoms with van der Waals surface area (Å²) in [4.78, 5) is 26.8. The molecule has 8 heteroatoms. The van der Waals surface area contributed by atoms with Gasteiger partial charge in [-0.3, -0.25) is 4.79 Å². The van der Waals surface area contributed by atoms with Gasteiger partial charge in [0.1, 0.15) is 17.1 Å². The molecule has 0 aliphatic carbocycles. The fourth-order valence-electron chi connectivity index (χ4n) is 3.22. The van der Waals surface area contributed by atoms with Gasteiger partial charge in [-0.15, -0.1) is 0 Å². The number of halogens is 2. The first kappa shape index (κ1) is 23.2. The Labute approximate surface area is 192 Å². The number of rotatable bonds is 4. The van der Waals surface area contributed by atoms with Gasteiger partial charge in [0.15, 0.2) is 0 Å². The highest BCUT2D eigenvalue weighted by atomic mass is 35.5. The van der Waals surface area contributed by atoms with Gasteiger partial charge >= 0.3 is 6.09 Å². The van der Waals surface area contributed by atoms with Crippen molar-refractivity contribution in [3.05, 3.63) is 58.1 Å². The van der Waals surface area contributed by atoms with Crippen molar-refractivity contribution in [3.63, 3.8) is 0 Å². The van der Waals surface area contributed by atoms with E-state index in [1.807, 2.05) is 20.8 Å². The zero-order valence-corrected chi connectivity index (χ0v) is 19.3. The normalized spacial score (nSPS) is 14.8. The van der Waals surface area contributed by atoms with Crippen molar-refractivity contribution in [3.8, 4) is 11.5 Å². The van der Waals surface area contributed by atoms with E-state index in [2.05, 4.69) is 5.32 Å². The molecule has 1 aliphatic rings. The predicted octanol–water partition coefficient (Wildman–Crippen LogP) is 5.92. The Morgan fingerprint density at radius 1 is 1.03 bits per heavy atom. The maximum absolute atomic E-state index is 12.9. The Morgan fingerprint density at radius 2 is 1.71 bits per heavy atom. The van der Waals surface area contributed by atoms with Crippen molar-refractivity contribution in [1.29, 1.82) is 0 Å². The lowest BCUT2D eigenvalue weighted by Gasteiger charge is -2.33. The number of likely N-dealkylation sites (tertiary alicyclic amines) is 1. The predicted molar refractivity (Wildman–Crippen MR) is 121 cm³/mol. The molecule has 0 saturated carbocycles. The molecule has 0 unspecified atom stereocenters. The van der Waals surface area contributed by atoms with E-state index in [1.165, 1.54) is 0 Å². The number of amides is 2. The molecule has 0 radical (unpaired) electrons. The van der Waals surface area contributed by atoms with Gasteiger partial charge in [0.05, 0.1) is 10.6 Å². The molecule has 0 bridgehead atoms. The number of piperidine rings is 1. The molecule has 2 aromatic carbocycles. The van der Waals surface area contributed by atoms with Gasteiger partial charge in [0.2, 0.25) is 0 Å². The van der Waals surface area contributed by atoms with Crippen LogP contribution < -0.4 is 10.1 Å². The molecular formula is C23H26Cl2N2O4. The molecule has 0 atom stereocenters. The number of nitrogens with one attached hydrogen (secondary N) is 1. The third-order valence-corrected chi connectivity index (χ3v) is 5.26. The summed E-state index contributed by atoms with van der Waals surface area (Å²) in [7, 11) is 0. The number of hydrogen-bond donors (Lipinski definition) is 1. The molecule has 2 amide bonds. The molecule has 6 nitrogen and oxygen atoms in total. The van der Waals surface area contributed by atoms with E-state index in [4.69, 9.17) is 32.7 Å². The van der Waals surface area contributed by atoms with Gasteiger partial charge in [0, 0.05) is 24.2 Å². The van der Waals surface area contributed by atoms with Crippen LogP contribution in [0.4, 0.5) is 4.79 Å². The highest BCUT2D eigenvalue weighted by molar-refractivity contribution is 6.35.